The second-order valence-corrected chi connectivity index (χ2v) is 12.7. The minimum absolute atomic E-state index is 0.0407. The van der Waals surface area contributed by atoms with E-state index in [2.05, 4.69) is 9.71 Å². The summed E-state index contributed by atoms with van der Waals surface area (Å²) in [5.74, 6) is -2.44. The Bertz CT molecular complexity index is 1400. The van der Waals surface area contributed by atoms with Crippen LogP contribution in [0.3, 0.4) is 0 Å². The van der Waals surface area contributed by atoms with Crippen molar-refractivity contribution < 1.29 is 31.6 Å². The number of hydrogen-bond donors (Lipinski definition) is 1. The molecule has 2 aromatic carbocycles. The molecule has 0 fully saturated rings. The molecule has 0 saturated heterocycles. The lowest BCUT2D eigenvalue weighted by Crippen LogP contribution is -2.52. The summed E-state index contributed by atoms with van der Waals surface area (Å²) in [6.45, 7) is 3.96. The lowest BCUT2D eigenvalue weighted by Gasteiger charge is -2.41. The average molecular weight is 533 g/mol. The summed E-state index contributed by atoms with van der Waals surface area (Å²) in [6, 6.07) is 11.0. The first-order valence-electron chi connectivity index (χ1n) is 11.7. The lowest BCUT2D eigenvalue weighted by atomic mass is 9.60. The Morgan fingerprint density at radius 1 is 1.03 bits per heavy atom. The molecule has 4 rings (SSSR count). The van der Waals surface area contributed by atoms with Crippen LogP contribution < -0.4 is 10.6 Å². The van der Waals surface area contributed by atoms with Crippen LogP contribution in [0.25, 0.3) is 0 Å². The number of nitrogens with zero attached hydrogens (tertiary/aromatic N) is 1. The van der Waals surface area contributed by atoms with Crippen LogP contribution in [0, 0.1) is 5.92 Å². The number of Topliss-reactive ketones (excluding diaryl/α,β-unsaturated/α-hetero) is 2. The van der Waals surface area contributed by atoms with Crippen LogP contribution in [0.5, 0.6) is 0 Å². The number of amidine groups is 1. The van der Waals surface area contributed by atoms with Gasteiger partial charge in [0.05, 0.1) is 16.4 Å². The van der Waals surface area contributed by atoms with Gasteiger partial charge in [0.15, 0.2) is 11.6 Å². The van der Waals surface area contributed by atoms with Crippen LogP contribution in [0.15, 0.2) is 51.8 Å². The van der Waals surface area contributed by atoms with Gasteiger partial charge in [0.2, 0.25) is 0 Å². The Kier molecular flexibility index (Phi) is 7.09. The van der Waals surface area contributed by atoms with E-state index in [-0.39, 0.29) is 27.5 Å². The van der Waals surface area contributed by atoms with Crippen molar-refractivity contribution in [2.24, 2.45) is 10.3 Å². The zero-order valence-electron chi connectivity index (χ0n) is 20.6. The topological polar surface area (TPSA) is 128 Å². The molecule has 1 unspecified atom stereocenters. The number of sulfonamides is 1. The maximum absolute atomic E-state index is 14.1. The molecule has 1 atom stereocenters. The Balaban J connectivity index is 1.85. The molecule has 0 aromatic heterocycles. The summed E-state index contributed by atoms with van der Waals surface area (Å²) in [6.07, 6.45) is 2.49. The maximum atomic E-state index is 14.1. The van der Waals surface area contributed by atoms with Crippen molar-refractivity contribution in [3.8, 4) is 0 Å². The molecule has 192 valence electrons. The molecule has 2 aromatic rings. The summed E-state index contributed by atoms with van der Waals surface area (Å²) in [5.41, 5.74) is 0.311. The highest BCUT2D eigenvalue weighted by Crippen LogP contribution is 2.47. The Hall–Kier alpha value is -2.65. The fourth-order valence-electron chi connectivity index (χ4n) is 5.29. The smallest absolute Gasteiger partial charge is 0.341 e. The number of anilines is 1. The van der Waals surface area contributed by atoms with Crippen LogP contribution in [-0.2, 0) is 33.8 Å². The molecule has 0 radical (unpaired) electrons. The Morgan fingerprint density at radius 3 is 2.28 bits per heavy atom. The third kappa shape index (κ3) is 4.06. The highest BCUT2D eigenvalue weighted by Gasteiger charge is 2.53. The fraction of sp³-hybridized carbons (Fsp3) is 0.400. The third-order valence-corrected chi connectivity index (χ3v) is 10.1. The lowest BCUT2D eigenvalue weighted by molar-refractivity contribution is -0.126. The molecule has 11 heteroatoms. The standard InChI is InChI=1S/C25H29N2O7PS/c1-5-13-25(14-6-2)18-10-8-7-9-17(18)22(28)21(23(25)29)24-26-19-12-11-16(35(30,33-3)34-4)15-20(19)36(31,32)27-24/h7-12,15,21H,5-6,13-14H2,1-4H3,(H,26,27). The molecular formula is C25H29N2O7PS. The number of rotatable bonds is 8. The van der Waals surface area contributed by atoms with Gasteiger partial charge in [0, 0.05) is 19.8 Å². The van der Waals surface area contributed by atoms with Crippen molar-refractivity contribution in [3.05, 3.63) is 53.6 Å². The Labute approximate surface area is 210 Å². The number of fused-ring (bicyclic) bond motifs is 2. The number of benzene rings is 2. The SMILES string of the molecule is CCCC1(CCC)C(=O)C(C2=NS(=O)(=O)c3cc(P(=O)(OC)OC)ccc3N2)C(=O)c2ccccc21. The van der Waals surface area contributed by atoms with Gasteiger partial charge in [-0.1, -0.05) is 51.0 Å². The van der Waals surface area contributed by atoms with Gasteiger partial charge >= 0.3 is 7.60 Å². The molecular weight excluding hydrogens is 503 g/mol. The van der Waals surface area contributed by atoms with Gasteiger partial charge < -0.3 is 14.4 Å². The fourth-order valence-corrected chi connectivity index (χ4v) is 7.67. The monoisotopic (exact) mass is 532 g/mol. The van der Waals surface area contributed by atoms with E-state index < -0.39 is 34.7 Å². The Morgan fingerprint density at radius 2 is 1.67 bits per heavy atom. The molecule has 1 heterocycles. The molecule has 9 nitrogen and oxygen atoms in total. The zero-order valence-corrected chi connectivity index (χ0v) is 22.3. The number of carbonyl (C=O) groups excluding carboxylic acids is 2. The normalized spacial score (nSPS) is 20.2. The van der Waals surface area contributed by atoms with E-state index in [4.69, 9.17) is 9.05 Å². The molecule has 1 N–H and O–H groups in total. The van der Waals surface area contributed by atoms with Gasteiger partial charge in [-0.2, -0.15) is 8.42 Å². The van der Waals surface area contributed by atoms with Crippen molar-refractivity contribution in [1.82, 2.24) is 0 Å². The summed E-state index contributed by atoms with van der Waals surface area (Å²) in [4.78, 5) is 27.4. The van der Waals surface area contributed by atoms with E-state index in [0.29, 0.717) is 36.8 Å². The van der Waals surface area contributed by atoms with E-state index >= 15 is 0 Å². The molecule has 2 aliphatic rings. The quantitative estimate of drug-likeness (QED) is 0.395. The van der Waals surface area contributed by atoms with Crippen molar-refractivity contribution >= 4 is 46.0 Å². The highest BCUT2D eigenvalue weighted by atomic mass is 32.2. The largest absolute Gasteiger partial charge is 0.360 e. The van der Waals surface area contributed by atoms with Gasteiger partial charge in [-0.15, -0.1) is 4.40 Å². The summed E-state index contributed by atoms with van der Waals surface area (Å²) in [7, 11) is -5.66. The summed E-state index contributed by atoms with van der Waals surface area (Å²) < 4.78 is 53.1. The third-order valence-electron chi connectivity index (χ3n) is 6.85. The second kappa shape index (κ2) is 9.67. The van der Waals surface area contributed by atoms with Crippen molar-refractivity contribution in [1.29, 1.82) is 0 Å². The van der Waals surface area contributed by atoms with E-state index in [9.17, 15) is 22.6 Å². The number of hydrogen-bond acceptors (Lipinski definition) is 8. The van der Waals surface area contributed by atoms with Crippen LogP contribution in [0.4, 0.5) is 5.69 Å². The van der Waals surface area contributed by atoms with Gasteiger partial charge in [-0.05, 0) is 36.6 Å². The summed E-state index contributed by atoms with van der Waals surface area (Å²) in [5, 5.41) is 2.95. The first-order chi connectivity index (χ1) is 17.1. The van der Waals surface area contributed by atoms with Gasteiger partial charge in [0.25, 0.3) is 10.0 Å². The number of nitrogens with one attached hydrogen (secondary N) is 1. The van der Waals surface area contributed by atoms with Crippen LogP contribution in [0.2, 0.25) is 0 Å². The minimum atomic E-state index is -4.34. The predicted molar refractivity (Wildman–Crippen MR) is 137 cm³/mol. The van der Waals surface area contributed by atoms with E-state index in [1.807, 2.05) is 26.0 Å². The second-order valence-electron chi connectivity index (χ2n) is 8.91. The van der Waals surface area contributed by atoms with Crippen LogP contribution >= 0.6 is 7.60 Å². The molecule has 0 amide bonds. The zero-order chi connectivity index (χ0) is 26.3. The molecule has 1 aliphatic heterocycles. The molecule has 0 bridgehead atoms. The van der Waals surface area contributed by atoms with Gasteiger partial charge in [0.1, 0.15) is 16.6 Å². The number of carbonyl (C=O) groups is 2. The molecule has 0 spiro atoms. The number of ketones is 2. The van der Waals surface area contributed by atoms with E-state index in [0.717, 1.165) is 0 Å². The van der Waals surface area contributed by atoms with Gasteiger partial charge in [-0.25, -0.2) is 0 Å². The van der Waals surface area contributed by atoms with E-state index in [1.54, 1.807) is 12.1 Å². The minimum Gasteiger partial charge on any atom is -0.341 e. The van der Waals surface area contributed by atoms with E-state index in [1.165, 1.54) is 32.4 Å². The maximum Gasteiger partial charge on any atom is 0.360 e. The molecule has 36 heavy (non-hydrogen) atoms. The van der Waals surface area contributed by atoms with Crippen molar-refractivity contribution in [3.63, 3.8) is 0 Å². The average Bonchev–Trinajstić information content (AvgIpc) is 2.87. The van der Waals surface area contributed by atoms with Crippen LogP contribution in [0.1, 0.15) is 55.5 Å². The summed E-state index contributed by atoms with van der Waals surface area (Å²) >= 11 is 0. The molecule has 0 saturated carbocycles. The van der Waals surface area contributed by atoms with Gasteiger partial charge in [-0.3, -0.25) is 14.2 Å². The highest BCUT2D eigenvalue weighted by molar-refractivity contribution is 7.90. The first kappa shape index (κ1) is 26.4. The predicted octanol–water partition coefficient (Wildman–Crippen LogP) is 4.23. The van der Waals surface area contributed by atoms with Crippen molar-refractivity contribution in [2.45, 2.75) is 49.8 Å². The molecule has 1 aliphatic carbocycles. The van der Waals surface area contributed by atoms with Crippen LogP contribution in [-0.4, -0.2) is 40.0 Å². The first-order valence-corrected chi connectivity index (χ1v) is 14.7. The van der Waals surface area contributed by atoms with Crippen molar-refractivity contribution in [2.75, 3.05) is 19.5 Å².